The number of hydrogen-bond acceptors (Lipinski definition) is 2. The third kappa shape index (κ3) is 2.91. The molecule has 0 aliphatic rings. The highest BCUT2D eigenvalue weighted by atomic mass is 32.1. The molecule has 1 aromatic carbocycles. The smallest absolute Gasteiger partial charge is 0.306 e. The van der Waals surface area contributed by atoms with Crippen molar-refractivity contribution in [1.29, 1.82) is 0 Å². The maximum Gasteiger partial charge on any atom is 0.306 e. The molecule has 1 heterocycles. The number of benzene rings is 1. The number of rotatable bonds is 5. The molecular formula is C15H18O2S. The molecule has 3 heteroatoms. The van der Waals surface area contributed by atoms with Gasteiger partial charge in [0, 0.05) is 4.70 Å². The van der Waals surface area contributed by atoms with Crippen molar-refractivity contribution in [3.05, 3.63) is 35.2 Å². The minimum absolute atomic E-state index is 0.275. The fourth-order valence-corrected chi connectivity index (χ4v) is 3.27. The molecule has 0 aliphatic heterocycles. The first-order valence-electron chi connectivity index (χ1n) is 6.26. The maximum atomic E-state index is 11.3. The van der Waals surface area contributed by atoms with Gasteiger partial charge in [-0.2, -0.15) is 0 Å². The van der Waals surface area contributed by atoms with E-state index in [1.807, 2.05) is 12.1 Å². The lowest BCUT2D eigenvalue weighted by molar-refractivity contribution is -0.142. The molecular weight excluding hydrogens is 244 g/mol. The second-order valence-electron chi connectivity index (χ2n) is 5.13. The Morgan fingerprint density at radius 2 is 2.06 bits per heavy atom. The number of thiophene rings is 1. The van der Waals surface area contributed by atoms with E-state index in [1.165, 1.54) is 15.6 Å². The average Bonchev–Trinajstić information content (AvgIpc) is 2.71. The Morgan fingerprint density at radius 3 is 2.72 bits per heavy atom. The van der Waals surface area contributed by atoms with Crippen LogP contribution in [-0.2, 0) is 11.2 Å². The van der Waals surface area contributed by atoms with Crippen molar-refractivity contribution in [3.63, 3.8) is 0 Å². The van der Waals surface area contributed by atoms with E-state index in [-0.39, 0.29) is 5.92 Å². The van der Waals surface area contributed by atoms with Crippen molar-refractivity contribution < 1.29 is 9.90 Å². The van der Waals surface area contributed by atoms with E-state index >= 15 is 0 Å². The van der Waals surface area contributed by atoms with Gasteiger partial charge in [0.2, 0.25) is 0 Å². The van der Waals surface area contributed by atoms with E-state index in [2.05, 4.69) is 31.4 Å². The van der Waals surface area contributed by atoms with Gasteiger partial charge in [0.05, 0.1) is 5.92 Å². The first-order chi connectivity index (χ1) is 8.58. The average molecular weight is 262 g/mol. The maximum absolute atomic E-state index is 11.3. The molecule has 2 aromatic rings. The number of carboxylic acids is 1. The molecule has 0 fully saturated rings. The second kappa shape index (κ2) is 5.53. The van der Waals surface area contributed by atoms with Gasteiger partial charge >= 0.3 is 5.97 Å². The summed E-state index contributed by atoms with van der Waals surface area (Å²) in [7, 11) is 0. The highest BCUT2D eigenvalue weighted by Gasteiger charge is 2.20. The number of hydrogen-bond donors (Lipinski definition) is 1. The Bertz CT molecular complexity index is 542. The predicted molar refractivity (Wildman–Crippen MR) is 76.1 cm³/mol. The number of carbonyl (C=O) groups is 1. The van der Waals surface area contributed by atoms with Crippen LogP contribution in [0.4, 0.5) is 0 Å². The van der Waals surface area contributed by atoms with Crippen molar-refractivity contribution in [2.24, 2.45) is 11.8 Å². The van der Waals surface area contributed by atoms with E-state index in [9.17, 15) is 9.90 Å². The van der Waals surface area contributed by atoms with Crippen molar-refractivity contribution in [1.82, 2.24) is 0 Å². The molecule has 0 spiro atoms. The van der Waals surface area contributed by atoms with Crippen LogP contribution in [0.15, 0.2) is 29.6 Å². The standard InChI is InChI=1S/C15H18O2S/c1-10(2)7-11(15(16)17)8-12-9-18-14-6-4-3-5-13(12)14/h3-6,9-11H,7-8H2,1-2H3,(H,16,17). The first kappa shape index (κ1) is 13.1. The van der Waals surface area contributed by atoms with Crippen molar-refractivity contribution in [2.45, 2.75) is 26.7 Å². The second-order valence-corrected chi connectivity index (χ2v) is 6.04. The Balaban J connectivity index is 2.23. The molecule has 18 heavy (non-hydrogen) atoms. The minimum Gasteiger partial charge on any atom is -0.481 e. The molecule has 2 nitrogen and oxygen atoms in total. The summed E-state index contributed by atoms with van der Waals surface area (Å²) in [5.74, 6) is -0.544. The molecule has 0 saturated carbocycles. The van der Waals surface area contributed by atoms with Gasteiger partial charge in [-0.05, 0) is 41.2 Å². The van der Waals surface area contributed by atoms with Crippen LogP contribution in [0.3, 0.4) is 0 Å². The van der Waals surface area contributed by atoms with Gasteiger partial charge in [-0.25, -0.2) is 0 Å². The lowest BCUT2D eigenvalue weighted by atomic mass is 9.91. The monoisotopic (exact) mass is 262 g/mol. The quantitative estimate of drug-likeness (QED) is 0.877. The molecule has 0 radical (unpaired) electrons. The van der Waals surface area contributed by atoms with Crippen LogP contribution in [0, 0.1) is 11.8 Å². The van der Waals surface area contributed by atoms with E-state index < -0.39 is 5.97 Å². The molecule has 96 valence electrons. The number of carboxylic acid groups (broad SMARTS) is 1. The van der Waals surface area contributed by atoms with Gasteiger partial charge in [0.25, 0.3) is 0 Å². The molecule has 1 N–H and O–H groups in total. The highest BCUT2D eigenvalue weighted by Crippen LogP contribution is 2.29. The Kier molecular flexibility index (Phi) is 4.02. The Morgan fingerprint density at radius 1 is 1.33 bits per heavy atom. The molecule has 0 saturated heterocycles. The fraction of sp³-hybridized carbons (Fsp3) is 0.400. The Labute approximate surface area is 111 Å². The normalized spacial score (nSPS) is 13.1. The van der Waals surface area contributed by atoms with E-state index in [1.54, 1.807) is 11.3 Å². The third-order valence-electron chi connectivity index (χ3n) is 3.13. The van der Waals surface area contributed by atoms with Gasteiger partial charge in [-0.3, -0.25) is 4.79 Å². The van der Waals surface area contributed by atoms with Crippen LogP contribution in [0.1, 0.15) is 25.8 Å². The molecule has 1 atom stereocenters. The highest BCUT2D eigenvalue weighted by molar-refractivity contribution is 7.17. The SMILES string of the molecule is CC(C)CC(Cc1csc2ccccc12)C(=O)O. The van der Waals surface area contributed by atoms with Crippen molar-refractivity contribution in [2.75, 3.05) is 0 Å². The molecule has 2 rings (SSSR count). The zero-order chi connectivity index (χ0) is 13.1. The summed E-state index contributed by atoms with van der Waals surface area (Å²) in [6.45, 7) is 4.14. The van der Waals surface area contributed by atoms with Crippen LogP contribution in [0.25, 0.3) is 10.1 Å². The summed E-state index contributed by atoms with van der Waals surface area (Å²) in [5.41, 5.74) is 1.17. The molecule has 0 bridgehead atoms. The van der Waals surface area contributed by atoms with Crippen LogP contribution < -0.4 is 0 Å². The summed E-state index contributed by atoms with van der Waals surface area (Å²) in [6.07, 6.45) is 1.37. The van der Waals surface area contributed by atoms with Crippen LogP contribution in [0.5, 0.6) is 0 Å². The first-order valence-corrected chi connectivity index (χ1v) is 7.13. The summed E-state index contributed by atoms with van der Waals surface area (Å²) in [5, 5.41) is 12.6. The Hall–Kier alpha value is -1.35. The lowest BCUT2D eigenvalue weighted by Crippen LogP contribution is -2.18. The van der Waals surface area contributed by atoms with Crippen molar-refractivity contribution in [3.8, 4) is 0 Å². The zero-order valence-electron chi connectivity index (χ0n) is 10.7. The summed E-state index contributed by atoms with van der Waals surface area (Å²) < 4.78 is 1.24. The van der Waals surface area contributed by atoms with Crippen LogP contribution in [-0.4, -0.2) is 11.1 Å². The third-order valence-corrected chi connectivity index (χ3v) is 4.14. The van der Waals surface area contributed by atoms with E-state index in [4.69, 9.17) is 0 Å². The van der Waals surface area contributed by atoms with Crippen molar-refractivity contribution >= 4 is 27.4 Å². The number of aliphatic carboxylic acids is 1. The lowest BCUT2D eigenvalue weighted by Gasteiger charge is -2.14. The predicted octanol–water partition coefficient (Wildman–Crippen LogP) is 4.19. The molecule has 1 aromatic heterocycles. The van der Waals surface area contributed by atoms with Gasteiger partial charge < -0.3 is 5.11 Å². The molecule has 0 aliphatic carbocycles. The van der Waals surface area contributed by atoms with Gasteiger partial charge in [-0.1, -0.05) is 32.0 Å². The van der Waals surface area contributed by atoms with Gasteiger partial charge in [0.15, 0.2) is 0 Å². The zero-order valence-corrected chi connectivity index (χ0v) is 11.5. The summed E-state index contributed by atoms with van der Waals surface area (Å²) in [6, 6.07) is 8.19. The largest absolute Gasteiger partial charge is 0.481 e. The molecule has 0 amide bonds. The summed E-state index contributed by atoms with van der Waals surface area (Å²) >= 11 is 1.69. The van der Waals surface area contributed by atoms with E-state index in [0.717, 1.165) is 6.42 Å². The van der Waals surface area contributed by atoms with Gasteiger partial charge in [-0.15, -0.1) is 11.3 Å². The van der Waals surface area contributed by atoms with Gasteiger partial charge in [0.1, 0.15) is 0 Å². The minimum atomic E-state index is -0.681. The topological polar surface area (TPSA) is 37.3 Å². The van der Waals surface area contributed by atoms with Crippen LogP contribution >= 0.6 is 11.3 Å². The summed E-state index contributed by atoms with van der Waals surface area (Å²) in [4.78, 5) is 11.3. The van der Waals surface area contributed by atoms with E-state index in [0.29, 0.717) is 12.3 Å². The van der Waals surface area contributed by atoms with Crippen LogP contribution in [0.2, 0.25) is 0 Å². The molecule has 1 unspecified atom stereocenters. The number of fused-ring (bicyclic) bond motifs is 1. The fourth-order valence-electron chi connectivity index (χ4n) is 2.30.